The summed E-state index contributed by atoms with van der Waals surface area (Å²) < 4.78 is 1.43. The van der Waals surface area contributed by atoms with Gasteiger partial charge >= 0.3 is 5.97 Å². The predicted octanol–water partition coefficient (Wildman–Crippen LogP) is 3.18. The molecule has 0 aliphatic heterocycles. The average molecular weight is 422 g/mol. The molecule has 0 atom stereocenters. The Morgan fingerprint density at radius 2 is 1.71 bits per heavy atom. The highest BCUT2D eigenvalue weighted by Gasteiger charge is 2.23. The molecule has 0 fully saturated rings. The lowest BCUT2D eigenvalue weighted by Gasteiger charge is -2.20. The van der Waals surface area contributed by atoms with E-state index in [1.54, 1.807) is 18.2 Å². The maximum Gasteiger partial charge on any atom is 0.322 e. The molecule has 7 nitrogen and oxygen atoms in total. The lowest BCUT2D eigenvalue weighted by Crippen LogP contribution is -2.36. The number of carbonyl (C=O) groups excluding carboxylic acids is 1. The van der Waals surface area contributed by atoms with Crippen LogP contribution in [0.3, 0.4) is 0 Å². The third-order valence-corrected chi connectivity index (χ3v) is 5.18. The van der Waals surface area contributed by atoms with Crippen molar-refractivity contribution in [1.82, 2.24) is 9.88 Å². The van der Waals surface area contributed by atoms with E-state index < -0.39 is 35.3 Å². The van der Waals surface area contributed by atoms with Gasteiger partial charge in [-0.05, 0) is 41.2 Å². The molecule has 3 aromatic rings. The minimum atomic E-state index is -1.25. The number of benzene rings is 2. The standard InChI is InChI=1S/C24H26N2O5/c1-14-5-10-17-18(11-14)26(13-15-6-8-16(9-7-15)24(2,3)4)23(31)20(21(17)29)22(30)25-12-19(27)28/h5-11,29H,12-13H2,1-4H3,(H,25,30)(H,27,28). The molecule has 0 aliphatic carbocycles. The van der Waals surface area contributed by atoms with Crippen molar-refractivity contribution in [3.8, 4) is 5.75 Å². The highest BCUT2D eigenvalue weighted by atomic mass is 16.4. The van der Waals surface area contributed by atoms with Crippen LogP contribution >= 0.6 is 0 Å². The summed E-state index contributed by atoms with van der Waals surface area (Å²) >= 11 is 0. The van der Waals surface area contributed by atoms with Gasteiger partial charge in [0, 0.05) is 5.39 Å². The molecule has 0 saturated heterocycles. The average Bonchev–Trinajstić information content (AvgIpc) is 2.69. The van der Waals surface area contributed by atoms with Gasteiger partial charge < -0.3 is 20.1 Å². The van der Waals surface area contributed by atoms with Crippen molar-refractivity contribution < 1.29 is 19.8 Å². The van der Waals surface area contributed by atoms with Crippen LogP contribution in [0.5, 0.6) is 5.75 Å². The van der Waals surface area contributed by atoms with Crippen LogP contribution in [0.2, 0.25) is 0 Å². The molecule has 3 rings (SSSR count). The highest BCUT2D eigenvalue weighted by Crippen LogP contribution is 2.28. The number of amides is 1. The molecule has 0 bridgehead atoms. The van der Waals surface area contributed by atoms with Gasteiger partial charge in [-0.3, -0.25) is 14.4 Å². The number of aliphatic carboxylic acids is 1. The number of nitrogens with zero attached hydrogens (tertiary/aromatic N) is 1. The zero-order valence-electron chi connectivity index (χ0n) is 18.0. The van der Waals surface area contributed by atoms with Gasteiger partial charge in [0.25, 0.3) is 11.5 Å². The lowest BCUT2D eigenvalue weighted by atomic mass is 9.87. The summed E-state index contributed by atoms with van der Waals surface area (Å²) in [7, 11) is 0. The predicted molar refractivity (Wildman–Crippen MR) is 119 cm³/mol. The van der Waals surface area contributed by atoms with E-state index in [4.69, 9.17) is 5.11 Å². The number of rotatable bonds is 5. The van der Waals surface area contributed by atoms with Crippen LogP contribution in [0.15, 0.2) is 47.3 Å². The van der Waals surface area contributed by atoms with E-state index in [2.05, 4.69) is 26.1 Å². The number of aromatic hydroxyl groups is 1. The zero-order chi connectivity index (χ0) is 22.9. The van der Waals surface area contributed by atoms with Crippen molar-refractivity contribution >= 4 is 22.8 Å². The van der Waals surface area contributed by atoms with Crippen LogP contribution in [0.4, 0.5) is 0 Å². The quantitative estimate of drug-likeness (QED) is 0.585. The first-order chi connectivity index (χ1) is 14.5. The van der Waals surface area contributed by atoms with Crippen molar-refractivity contribution in [2.75, 3.05) is 6.54 Å². The molecule has 0 aliphatic rings. The van der Waals surface area contributed by atoms with Crippen molar-refractivity contribution in [3.05, 3.63) is 75.1 Å². The van der Waals surface area contributed by atoms with Crippen LogP contribution < -0.4 is 10.9 Å². The van der Waals surface area contributed by atoms with Gasteiger partial charge in [0.2, 0.25) is 0 Å². The molecule has 1 amide bonds. The third kappa shape index (κ3) is 4.60. The Morgan fingerprint density at radius 1 is 1.06 bits per heavy atom. The van der Waals surface area contributed by atoms with E-state index in [1.807, 2.05) is 31.2 Å². The molecule has 3 N–H and O–H groups in total. The Bertz CT molecular complexity index is 1220. The Labute approximate surface area is 180 Å². The maximum absolute atomic E-state index is 13.2. The fraction of sp³-hybridized carbons (Fsp3) is 0.292. The van der Waals surface area contributed by atoms with Gasteiger partial charge in [-0.1, -0.05) is 51.1 Å². The first-order valence-electron chi connectivity index (χ1n) is 9.94. The van der Waals surface area contributed by atoms with Crippen LogP contribution in [-0.2, 0) is 16.8 Å². The first-order valence-corrected chi connectivity index (χ1v) is 9.94. The molecule has 31 heavy (non-hydrogen) atoms. The Hall–Kier alpha value is -3.61. The van der Waals surface area contributed by atoms with Crippen molar-refractivity contribution in [2.24, 2.45) is 0 Å². The van der Waals surface area contributed by atoms with Gasteiger partial charge in [-0.15, -0.1) is 0 Å². The van der Waals surface area contributed by atoms with Crippen LogP contribution in [0, 0.1) is 6.92 Å². The molecule has 0 spiro atoms. The zero-order valence-corrected chi connectivity index (χ0v) is 18.0. The number of carboxylic acid groups (broad SMARTS) is 1. The number of pyridine rings is 1. The monoisotopic (exact) mass is 422 g/mol. The Kier molecular flexibility index (Phi) is 5.88. The van der Waals surface area contributed by atoms with Crippen LogP contribution in [-0.4, -0.2) is 33.2 Å². The maximum atomic E-state index is 13.2. The summed E-state index contributed by atoms with van der Waals surface area (Å²) in [5.74, 6) is -2.63. The van der Waals surface area contributed by atoms with E-state index in [-0.39, 0.29) is 12.0 Å². The fourth-order valence-corrected chi connectivity index (χ4v) is 3.44. The van der Waals surface area contributed by atoms with Gasteiger partial charge in [0.15, 0.2) is 0 Å². The molecule has 7 heteroatoms. The van der Waals surface area contributed by atoms with Gasteiger partial charge in [-0.2, -0.15) is 0 Å². The molecule has 162 valence electrons. The molecule has 0 saturated carbocycles. The number of carbonyl (C=O) groups is 2. The van der Waals surface area contributed by atoms with Crippen LogP contribution in [0.25, 0.3) is 10.9 Å². The molecular formula is C24H26N2O5. The van der Waals surface area contributed by atoms with Crippen LogP contribution in [0.1, 0.15) is 47.8 Å². The van der Waals surface area contributed by atoms with E-state index in [0.717, 1.165) is 16.7 Å². The second-order valence-electron chi connectivity index (χ2n) is 8.66. The number of carboxylic acids is 1. The smallest absolute Gasteiger partial charge is 0.322 e. The Balaban J connectivity index is 2.15. The SMILES string of the molecule is Cc1ccc2c(O)c(C(=O)NCC(=O)O)c(=O)n(Cc3ccc(C(C)(C)C)cc3)c2c1. The fourth-order valence-electron chi connectivity index (χ4n) is 3.44. The van der Waals surface area contributed by atoms with E-state index in [9.17, 15) is 19.5 Å². The largest absolute Gasteiger partial charge is 0.506 e. The molecule has 1 aromatic heterocycles. The summed E-state index contributed by atoms with van der Waals surface area (Å²) in [6, 6.07) is 13.1. The number of aryl methyl sites for hydroxylation is 1. The lowest BCUT2D eigenvalue weighted by molar-refractivity contribution is -0.135. The molecule has 0 radical (unpaired) electrons. The second-order valence-corrected chi connectivity index (χ2v) is 8.66. The first kappa shape index (κ1) is 22.1. The summed E-state index contributed by atoms with van der Waals surface area (Å²) in [6.45, 7) is 7.76. The van der Waals surface area contributed by atoms with Crippen molar-refractivity contribution in [3.63, 3.8) is 0 Å². The number of fused-ring (bicyclic) bond motifs is 1. The summed E-state index contributed by atoms with van der Waals surface area (Å²) in [5.41, 5.74) is 2.25. The topological polar surface area (TPSA) is 109 Å². The number of hydrogen-bond acceptors (Lipinski definition) is 4. The summed E-state index contributed by atoms with van der Waals surface area (Å²) in [6.07, 6.45) is 0. The third-order valence-electron chi connectivity index (χ3n) is 5.18. The molecule has 0 unspecified atom stereocenters. The molecule has 1 heterocycles. The van der Waals surface area contributed by atoms with Gasteiger partial charge in [-0.25, -0.2) is 0 Å². The summed E-state index contributed by atoms with van der Waals surface area (Å²) in [4.78, 5) is 36.5. The second kappa shape index (κ2) is 8.26. The minimum Gasteiger partial charge on any atom is -0.506 e. The van der Waals surface area contributed by atoms with Gasteiger partial charge in [0.1, 0.15) is 17.9 Å². The van der Waals surface area contributed by atoms with E-state index in [1.165, 1.54) is 4.57 Å². The van der Waals surface area contributed by atoms with Gasteiger partial charge in [0.05, 0.1) is 12.1 Å². The van der Waals surface area contributed by atoms with Crippen molar-refractivity contribution in [1.29, 1.82) is 0 Å². The number of nitrogens with one attached hydrogen (secondary N) is 1. The number of aromatic nitrogens is 1. The molecule has 2 aromatic carbocycles. The highest BCUT2D eigenvalue weighted by molar-refractivity contribution is 6.03. The molecular weight excluding hydrogens is 396 g/mol. The Morgan fingerprint density at radius 3 is 2.29 bits per heavy atom. The summed E-state index contributed by atoms with van der Waals surface area (Å²) in [5, 5.41) is 22.0. The normalized spacial score (nSPS) is 11.5. The minimum absolute atomic E-state index is 0.00683. The van der Waals surface area contributed by atoms with Crippen molar-refractivity contribution in [2.45, 2.75) is 39.7 Å². The van der Waals surface area contributed by atoms with E-state index >= 15 is 0 Å². The van der Waals surface area contributed by atoms with E-state index in [0.29, 0.717) is 10.9 Å². The number of hydrogen-bond donors (Lipinski definition) is 3.